The van der Waals surface area contributed by atoms with Gasteiger partial charge in [-0.05, 0) is 47.1 Å². The molecule has 2 aliphatic carbocycles. The van der Waals surface area contributed by atoms with Gasteiger partial charge in [-0.25, -0.2) is 0 Å². The molecule has 0 amide bonds. The zero-order chi connectivity index (χ0) is 11.5. The largest absolute Gasteiger partial charge is 0.321 e. The number of hydrogen-bond donors (Lipinski definition) is 1. The van der Waals surface area contributed by atoms with Crippen molar-refractivity contribution in [1.82, 2.24) is 0 Å². The molecule has 0 bridgehead atoms. The van der Waals surface area contributed by atoms with E-state index in [9.17, 15) is 0 Å². The molecule has 0 heterocycles. The molecule has 0 aromatic heterocycles. The van der Waals surface area contributed by atoms with Gasteiger partial charge >= 0.3 is 0 Å². The molecule has 0 spiro atoms. The fourth-order valence-electron chi connectivity index (χ4n) is 3.89. The molecular weight excluding hydrogens is 206 g/mol. The number of benzene rings is 2. The lowest BCUT2D eigenvalue weighted by Crippen LogP contribution is -2.25. The van der Waals surface area contributed by atoms with Gasteiger partial charge in [-0.2, -0.15) is 0 Å². The maximum absolute atomic E-state index is 6.61. The molecule has 17 heavy (non-hydrogen) atoms. The summed E-state index contributed by atoms with van der Waals surface area (Å²) in [6.45, 7) is 0. The summed E-state index contributed by atoms with van der Waals surface area (Å²) in [5.74, 6) is 1.51. The van der Waals surface area contributed by atoms with Gasteiger partial charge in [0.15, 0.2) is 0 Å². The predicted molar refractivity (Wildman–Crippen MR) is 70.6 cm³/mol. The SMILES string of the molecule is NC1(c2ccc3ccccc3c2)C2CCCC21. The van der Waals surface area contributed by atoms with Crippen LogP contribution in [-0.2, 0) is 5.54 Å². The smallest absolute Gasteiger partial charge is 0.0473 e. The van der Waals surface area contributed by atoms with E-state index in [1.54, 1.807) is 0 Å². The Morgan fingerprint density at radius 1 is 0.941 bits per heavy atom. The van der Waals surface area contributed by atoms with E-state index in [1.165, 1.54) is 35.6 Å². The van der Waals surface area contributed by atoms with Gasteiger partial charge in [0, 0.05) is 5.54 Å². The van der Waals surface area contributed by atoms with E-state index in [0.717, 1.165) is 11.8 Å². The summed E-state index contributed by atoms with van der Waals surface area (Å²) in [5.41, 5.74) is 7.96. The van der Waals surface area contributed by atoms with Crippen molar-refractivity contribution in [2.24, 2.45) is 17.6 Å². The topological polar surface area (TPSA) is 26.0 Å². The second-order valence-electron chi connectivity index (χ2n) is 5.64. The number of hydrogen-bond acceptors (Lipinski definition) is 1. The first-order chi connectivity index (χ1) is 8.30. The van der Waals surface area contributed by atoms with Gasteiger partial charge < -0.3 is 5.73 Å². The molecule has 2 fully saturated rings. The lowest BCUT2D eigenvalue weighted by molar-refractivity contribution is 0.527. The lowest BCUT2D eigenvalue weighted by atomic mass is 9.94. The van der Waals surface area contributed by atoms with Crippen molar-refractivity contribution in [1.29, 1.82) is 0 Å². The number of nitrogens with two attached hydrogens (primary N) is 1. The average molecular weight is 223 g/mol. The summed E-state index contributed by atoms with van der Waals surface area (Å²) in [6, 6.07) is 15.3. The summed E-state index contributed by atoms with van der Waals surface area (Å²) >= 11 is 0. The molecule has 2 N–H and O–H groups in total. The van der Waals surface area contributed by atoms with E-state index in [0.29, 0.717) is 0 Å². The molecule has 2 aromatic rings. The van der Waals surface area contributed by atoms with Crippen LogP contribution in [0, 0.1) is 11.8 Å². The van der Waals surface area contributed by atoms with Gasteiger partial charge in [0.2, 0.25) is 0 Å². The maximum atomic E-state index is 6.61. The van der Waals surface area contributed by atoms with E-state index in [2.05, 4.69) is 42.5 Å². The van der Waals surface area contributed by atoms with E-state index < -0.39 is 0 Å². The predicted octanol–water partition coefficient (Wildman–Crippen LogP) is 3.42. The Morgan fingerprint density at radius 2 is 1.65 bits per heavy atom. The molecular formula is C16H17N. The van der Waals surface area contributed by atoms with Crippen molar-refractivity contribution in [2.45, 2.75) is 24.8 Å². The van der Waals surface area contributed by atoms with Crippen LogP contribution < -0.4 is 5.73 Å². The molecule has 4 rings (SSSR count). The zero-order valence-corrected chi connectivity index (χ0v) is 9.89. The zero-order valence-electron chi connectivity index (χ0n) is 9.89. The lowest BCUT2D eigenvalue weighted by Gasteiger charge is -2.16. The molecule has 2 atom stereocenters. The molecule has 1 nitrogen and oxygen atoms in total. The molecule has 2 aliphatic rings. The molecule has 2 unspecified atom stereocenters. The standard InChI is InChI=1S/C16H17N/c17-16(14-6-3-7-15(14)16)13-9-8-11-4-1-2-5-12(11)10-13/h1-2,4-5,8-10,14-15H,3,6-7,17H2. The minimum absolute atomic E-state index is 0.00226. The molecule has 0 saturated heterocycles. The Balaban J connectivity index is 1.82. The summed E-state index contributed by atoms with van der Waals surface area (Å²) in [7, 11) is 0. The van der Waals surface area contributed by atoms with Gasteiger partial charge in [-0.15, -0.1) is 0 Å². The summed E-state index contributed by atoms with van der Waals surface area (Å²) in [4.78, 5) is 0. The molecule has 2 saturated carbocycles. The van der Waals surface area contributed by atoms with Crippen LogP contribution in [0.4, 0.5) is 0 Å². The first-order valence-electron chi connectivity index (χ1n) is 6.58. The third-order valence-corrected chi connectivity index (χ3v) is 4.88. The number of fused-ring (bicyclic) bond motifs is 2. The monoisotopic (exact) mass is 223 g/mol. The Kier molecular flexibility index (Phi) is 1.77. The van der Waals surface area contributed by atoms with E-state index >= 15 is 0 Å². The van der Waals surface area contributed by atoms with Crippen LogP contribution in [0.5, 0.6) is 0 Å². The first-order valence-corrected chi connectivity index (χ1v) is 6.58. The summed E-state index contributed by atoms with van der Waals surface area (Å²) < 4.78 is 0. The van der Waals surface area contributed by atoms with E-state index in [1.807, 2.05) is 0 Å². The third kappa shape index (κ3) is 1.18. The Hall–Kier alpha value is -1.34. The van der Waals surface area contributed by atoms with Crippen LogP contribution in [-0.4, -0.2) is 0 Å². The highest BCUT2D eigenvalue weighted by Gasteiger charge is 2.64. The fourth-order valence-corrected chi connectivity index (χ4v) is 3.89. The summed E-state index contributed by atoms with van der Waals surface area (Å²) in [5, 5.41) is 2.63. The van der Waals surface area contributed by atoms with Crippen LogP contribution >= 0.6 is 0 Å². The Labute approximate surface area is 102 Å². The highest BCUT2D eigenvalue weighted by Crippen LogP contribution is 2.64. The first kappa shape index (κ1) is 9.67. The maximum Gasteiger partial charge on any atom is 0.0473 e. The molecule has 2 aromatic carbocycles. The van der Waals surface area contributed by atoms with Gasteiger partial charge in [-0.3, -0.25) is 0 Å². The van der Waals surface area contributed by atoms with Gasteiger partial charge in [-0.1, -0.05) is 42.8 Å². The van der Waals surface area contributed by atoms with E-state index in [-0.39, 0.29) is 5.54 Å². The van der Waals surface area contributed by atoms with Crippen LogP contribution in [0.25, 0.3) is 10.8 Å². The second kappa shape index (κ2) is 3.11. The minimum Gasteiger partial charge on any atom is -0.321 e. The highest BCUT2D eigenvalue weighted by atomic mass is 14.9. The molecule has 86 valence electrons. The minimum atomic E-state index is 0.00226. The molecule has 0 radical (unpaired) electrons. The van der Waals surface area contributed by atoms with Crippen molar-refractivity contribution >= 4 is 10.8 Å². The fraction of sp³-hybridized carbons (Fsp3) is 0.375. The average Bonchev–Trinajstić information content (AvgIpc) is 2.79. The van der Waals surface area contributed by atoms with Crippen LogP contribution in [0.3, 0.4) is 0 Å². The number of rotatable bonds is 1. The van der Waals surface area contributed by atoms with Gasteiger partial charge in [0.1, 0.15) is 0 Å². The van der Waals surface area contributed by atoms with Crippen molar-refractivity contribution in [3.05, 3.63) is 48.0 Å². The molecule has 1 heteroatoms. The van der Waals surface area contributed by atoms with Gasteiger partial charge in [0.25, 0.3) is 0 Å². The van der Waals surface area contributed by atoms with Crippen molar-refractivity contribution in [3.8, 4) is 0 Å². The van der Waals surface area contributed by atoms with Crippen LogP contribution in [0.1, 0.15) is 24.8 Å². The van der Waals surface area contributed by atoms with Crippen molar-refractivity contribution in [2.75, 3.05) is 0 Å². The van der Waals surface area contributed by atoms with E-state index in [4.69, 9.17) is 5.73 Å². The van der Waals surface area contributed by atoms with Crippen molar-refractivity contribution in [3.63, 3.8) is 0 Å². The second-order valence-corrected chi connectivity index (χ2v) is 5.64. The quantitative estimate of drug-likeness (QED) is 0.787. The van der Waals surface area contributed by atoms with Crippen LogP contribution in [0.2, 0.25) is 0 Å². The molecule has 0 aliphatic heterocycles. The Bertz CT molecular complexity index is 577. The van der Waals surface area contributed by atoms with Crippen molar-refractivity contribution < 1.29 is 0 Å². The third-order valence-electron chi connectivity index (χ3n) is 4.88. The van der Waals surface area contributed by atoms with Gasteiger partial charge in [0.05, 0.1) is 0 Å². The normalized spacial score (nSPS) is 34.9. The van der Waals surface area contributed by atoms with Crippen LogP contribution in [0.15, 0.2) is 42.5 Å². The highest BCUT2D eigenvalue weighted by molar-refractivity contribution is 5.83. The summed E-state index contributed by atoms with van der Waals surface area (Å²) in [6.07, 6.45) is 4.03. The Morgan fingerprint density at radius 3 is 2.41 bits per heavy atom.